The molecule has 0 aliphatic carbocycles. The van der Waals surface area contributed by atoms with Gasteiger partial charge in [0.25, 0.3) is 5.91 Å². The average molecular weight is 382 g/mol. The van der Waals surface area contributed by atoms with Crippen molar-refractivity contribution in [2.75, 3.05) is 26.2 Å². The lowest BCUT2D eigenvalue weighted by Gasteiger charge is -2.16. The maximum Gasteiger partial charge on any atom is 0.251 e. The van der Waals surface area contributed by atoms with Crippen LogP contribution in [0.1, 0.15) is 36.5 Å². The lowest BCUT2D eigenvalue weighted by atomic mass is 10.2. The van der Waals surface area contributed by atoms with Gasteiger partial charge in [-0.05, 0) is 70.1 Å². The van der Waals surface area contributed by atoms with E-state index in [1.54, 1.807) is 31.2 Å². The number of amides is 2. The van der Waals surface area contributed by atoms with Crippen LogP contribution in [-0.2, 0) is 4.79 Å². The highest BCUT2D eigenvalue weighted by molar-refractivity contribution is 9.10. The van der Waals surface area contributed by atoms with Gasteiger partial charge in [0.2, 0.25) is 5.91 Å². The van der Waals surface area contributed by atoms with Crippen LogP contribution in [0.25, 0.3) is 0 Å². The van der Waals surface area contributed by atoms with Gasteiger partial charge in [0.15, 0.2) is 0 Å². The largest absolute Gasteiger partial charge is 0.354 e. The van der Waals surface area contributed by atoms with Crippen molar-refractivity contribution < 1.29 is 9.59 Å². The minimum absolute atomic E-state index is 0.142. The molecule has 0 bridgehead atoms. The van der Waals surface area contributed by atoms with Crippen LogP contribution in [0.5, 0.6) is 0 Å². The van der Waals surface area contributed by atoms with E-state index in [0.29, 0.717) is 12.1 Å². The molecule has 1 fully saturated rings. The van der Waals surface area contributed by atoms with Crippen molar-refractivity contribution in [2.24, 2.45) is 0 Å². The van der Waals surface area contributed by atoms with Crippen molar-refractivity contribution in [1.29, 1.82) is 0 Å². The molecule has 0 spiro atoms. The molecule has 2 rings (SSSR count). The van der Waals surface area contributed by atoms with Crippen LogP contribution in [-0.4, -0.2) is 48.9 Å². The second kappa shape index (κ2) is 9.03. The zero-order valence-corrected chi connectivity index (χ0v) is 15.1. The first-order valence-corrected chi connectivity index (χ1v) is 8.92. The monoisotopic (exact) mass is 381 g/mol. The van der Waals surface area contributed by atoms with Crippen LogP contribution in [0.4, 0.5) is 0 Å². The van der Waals surface area contributed by atoms with E-state index < -0.39 is 6.04 Å². The number of likely N-dealkylation sites (tertiary alicyclic amines) is 1. The number of nitrogens with one attached hydrogen (secondary N) is 2. The summed E-state index contributed by atoms with van der Waals surface area (Å²) in [4.78, 5) is 26.5. The number of hydrogen-bond donors (Lipinski definition) is 2. The molecule has 1 aliphatic heterocycles. The predicted molar refractivity (Wildman–Crippen MR) is 94.4 cm³/mol. The minimum Gasteiger partial charge on any atom is -0.354 e. The first-order chi connectivity index (χ1) is 11.1. The molecular weight excluding hydrogens is 358 g/mol. The van der Waals surface area contributed by atoms with Crippen molar-refractivity contribution in [3.05, 3.63) is 34.3 Å². The number of nitrogens with zero attached hydrogens (tertiary/aromatic N) is 1. The lowest BCUT2D eigenvalue weighted by Crippen LogP contribution is -2.45. The van der Waals surface area contributed by atoms with Crippen molar-refractivity contribution in [2.45, 2.75) is 32.2 Å². The molecule has 0 saturated carbocycles. The summed E-state index contributed by atoms with van der Waals surface area (Å²) >= 11 is 3.33. The van der Waals surface area contributed by atoms with Gasteiger partial charge in [0.1, 0.15) is 6.04 Å². The van der Waals surface area contributed by atoms with E-state index in [-0.39, 0.29) is 11.8 Å². The van der Waals surface area contributed by atoms with Crippen molar-refractivity contribution >= 4 is 27.7 Å². The Kier molecular flexibility index (Phi) is 7.05. The molecule has 1 saturated heterocycles. The summed E-state index contributed by atoms with van der Waals surface area (Å²) in [6.45, 7) is 5.72. The molecule has 5 nitrogen and oxygen atoms in total. The Balaban J connectivity index is 1.67. The van der Waals surface area contributed by atoms with Gasteiger partial charge in [-0.2, -0.15) is 0 Å². The zero-order valence-electron chi connectivity index (χ0n) is 13.5. The highest BCUT2D eigenvalue weighted by Crippen LogP contribution is 2.10. The number of carbonyl (C=O) groups excluding carboxylic acids is 2. The number of benzene rings is 1. The van der Waals surface area contributed by atoms with E-state index >= 15 is 0 Å². The first kappa shape index (κ1) is 17.9. The molecular formula is C17H24BrN3O2. The van der Waals surface area contributed by atoms with E-state index in [9.17, 15) is 9.59 Å². The molecule has 0 radical (unpaired) electrons. The molecule has 126 valence electrons. The normalized spacial score (nSPS) is 16.1. The molecule has 23 heavy (non-hydrogen) atoms. The smallest absolute Gasteiger partial charge is 0.251 e. The van der Waals surface area contributed by atoms with E-state index in [1.807, 2.05) is 0 Å². The van der Waals surface area contributed by atoms with Crippen LogP contribution in [0.3, 0.4) is 0 Å². The van der Waals surface area contributed by atoms with Crippen LogP contribution >= 0.6 is 15.9 Å². The van der Waals surface area contributed by atoms with Crippen LogP contribution < -0.4 is 10.6 Å². The molecule has 2 amide bonds. The van der Waals surface area contributed by atoms with Crippen molar-refractivity contribution in [1.82, 2.24) is 15.5 Å². The second-order valence-corrected chi connectivity index (χ2v) is 6.81. The Bertz CT molecular complexity index is 527. The molecule has 6 heteroatoms. The summed E-state index contributed by atoms with van der Waals surface area (Å²) in [5.74, 6) is -0.380. The fourth-order valence-electron chi connectivity index (χ4n) is 2.62. The predicted octanol–water partition coefficient (Wildman–Crippen LogP) is 2.17. The molecule has 1 aliphatic rings. The summed E-state index contributed by atoms with van der Waals surface area (Å²) < 4.78 is 0.915. The van der Waals surface area contributed by atoms with Gasteiger partial charge in [-0.25, -0.2) is 0 Å². The number of rotatable bonds is 7. The summed E-state index contributed by atoms with van der Waals surface area (Å²) in [5.41, 5.74) is 0.543. The Labute approximate surface area is 145 Å². The summed E-state index contributed by atoms with van der Waals surface area (Å²) in [6, 6.07) is 6.51. The molecule has 1 heterocycles. The molecule has 1 aromatic carbocycles. The van der Waals surface area contributed by atoms with Gasteiger partial charge in [0.05, 0.1) is 0 Å². The van der Waals surface area contributed by atoms with Crippen LogP contribution in [0.15, 0.2) is 28.7 Å². The van der Waals surface area contributed by atoms with Crippen LogP contribution in [0, 0.1) is 0 Å². The summed E-state index contributed by atoms with van der Waals surface area (Å²) in [6.07, 6.45) is 3.51. The van der Waals surface area contributed by atoms with Gasteiger partial charge in [0, 0.05) is 16.6 Å². The van der Waals surface area contributed by atoms with Gasteiger partial charge in [-0.3, -0.25) is 9.59 Å². The third kappa shape index (κ3) is 5.95. The molecule has 2 N–H and O–H groups in total. The van der Waals surface area contributed by atoms with E-state index in [1.165, 1.54) is 25.9 Å². The maximum atomic E-state index is 12.1. The highest BCUT2D eigenvalue weighted by atomic mass is 79.9. The number of halogens is 1. The fourth-order valence-corrected chi connectivity index (χ4v) is 2.88. The maximum absolute atomic E-state index is 12.1. The first-order valence-electron chi connectivity index (χ1n) is 8.13. The van der Waals surface area contributed by atoms with Gasteiger partial charge in [-0.15, -0.1) is 0 Å². The van der Waals surface area contributed by atoms with Crippen LogP contribution in [0.2, 0.25) is 0 Å². The third-order valence-corrected chi connectivity index (χ3v) is 4.52. The fraction of sp³-hybridized carbons (Fsp3) is 0.529. The summed E-state index contributed by atoms with van der Waals surface area (Å²) in [7, 11) is 0. The SMILES string of the molecule is C[C@@H](NC(=O)c1ccc(Br)cc1)C(=O)NCCCN1CCCC1. The summed E-state index contributed by atoms with van der Waals surface area (Å²) in [5, 5.41) is 5.61. The standard InChI is InChI=1S/C17H24BrN3O2/c1-13(20-17(23)14-5-7-15(18)8-6-14)16(22)19-9-4-12-21-10-2-3-11-21/h5-8,13H,2-4,9-12H2,1H3,(H,19,22)(H,20,23)/t13-/m1/s1. The quantitative estimate of drug-likeness (QED) is 0.711. The zero-order chi connectivity index (χ0) is 16.7. The van der Waals surface area contributed by atoms with Gasteiger partial charge in [-0.1, -0.05) is 15.9 Å². The Morgan fingerprint density at radius 3 is 2.52 bits per heavy atom. The lowest BCUT2D eigenvalue weighted by molar-refractivity contribution is -0.122. The van der Waals surface area contributed by atoms with Gasteiger partial charge >= 0.3 is 0 Å². The topological polar surface area (TPSA) is 61.4 Å². The number of carbonyl (C=O) groups is 2. The number of hydrogen-bond acceptors (Lipinski definition) is 3. The molecule has 1 atom stereocenters. The third-order valence-electron chi connectivity index (χ3n) is 4.00. The molecule has 1 aromatic rings. The Morgan fingerprint density at radius 1 is 1.22 bits per heavy atom. The highest BCUT2D eigenvalue weighted by Gasteiger charge is 2.16. The Hall–Kier alpha value is -1.40. The van der Waals surface area contributed by atoms with Crippen molar-refractivity contribution in [3.8, 4) is 0 Å². The minimum atomic E-state index is -0.544. The average Bonchev–Trinajstić information content (AvgIpc) is 3.05. The Morgan fingerprint density at radius 2 is 1.87 bits per heavy atom. The van der Waals surface area contributed by atoms with Crippen molar-refractivity contribution in [3.63, 3.8) is 0 Å². The molecule has 0 aromatic heterocycles. The van der Waals surface area contributed by atoms with E-state index in [0.717, 1.165) is 17.4 Å². The van der Waals surface area contributed by atoms with E-state index in [2.05, 4.69) is 31.5 Å². The molecule has 0 unspecified atom stereocenters. The van der Waals surface area contributed by atoms with E-state index in [4.69, 9.17) is 0 Å². The second-order valence-electron chi connectivity index (χ2n) is 5.90. The van der Waals surface area contributed by atoms with Gasteiger partial charge < -0.3 is 15.5 Å².